The Bertz CT molecular complexity index is 558. The molecule has 3 N–H and O–H groups in total. The Kier molecular flexibility index (Phi) is 4.94. The van der Waals surface area contributed by atoms with Crippen molar-refractivity contribution in [1.29, 1.82) is 0 Å². The Labute approximate surface area is 117 Å². The monoisotopic (exact) mass is 271 g/mol. The number of rotatable bonds is 6. The van der Waals surface area contributed by atoms with Crippen LogP contribution in [0.5, 0.6) is 5.75 Å². The Balaban J connectivity index is 1.68. The quantitative estimate of drug-likeness (QED) is 0.779. The van der Waals surface area contributed by atoms with Crippen LogP contribution in [0.15, 0.2) is 48.8 Å². The Morgan fingerprint density at radius 3 is 2.95 bits per heavy atom. The standard InChI is InChI=1S/C15H17N3O2/c16-13-4-1-5-14(9-13)20-11-15(19)18-8-6-12-3-2-7-17-10-12/h1-5,7,9-10H,6,8,11,16H2,(H,18,19). The van der Waals surface area contributed by atoms with E-state index in [0.717, 1.165) is 12.0 Å². The first kappa shape index (κ1) is 13.9. The fraction of sp³-hybridized carbons (Fsp3) is 0.200. The van der Waals surface area contributed by atoms with Gasteiger partial charge in [0.2, 0.25) is 0 Å². The number of carbonyl (C=O) groups is 1. The van der Waals surface area contributed by atoms with Crippen molar-refractivity contribution in [2.24, 2.45) is 0 Å². The summed E-state index contributed by atoms with van der Waals surface area (Å²) < 4.78 is 5.35. The summed E-state index contributed by atoms with van der Waals surface area (Å²) in [5.41, 5.74) is 7.32. The molecule has 0 radical (unpaired) electrons. The van der Waals surface area contributed by atoms with Crippen molar-refractivity contribution in [3.8, 4) is 5.75 Å². The summed E-state index contributed by atoms with van der Waals surface area (Å²) in [6.45, 7) is 0.543. The molecule has 1 aromatic heterocycles. The molecule has 5 heteroatoms. The number of nitrogen functional groups attached to an aromatic ring is 1. The van der Waals surface area contributed by atoms with E-state index >= 15 is 0 Å². The zero-order valence-corrected chi connectivity index (χ0v) is 11.1. The fourth-order valence-corrected chi connectivity index (χ4v) is 1.70. The zero-order chi connectivity index (χ0) is 14.2. The van der Waals surface area contributed by atoms with Crippen molar-refractivity contribution in [1.82, 2.24) is 10.3 Å². The molecule has 2 aromatic rings. The predicted molar refractivity (Wildman–Crippen MR) is 77.3 cm³/mol. The number of nitrogens with two attached hydrogens (primary N) is 1. The van der Waals surface area contributed by atoms with Gasteiger partial charge in [-0.1, -0.05) is 12.1 Å². The van der Waals surface area contributed by atoms with Crippen LogP contribution in [0.25, 0.3) is 0 Å². The van der Waals surface area contributed by atoms with Gasteiger partial charge in [-0.2, -0.15) is 0 Å². The maximum absolute atomic E-state index is 11.6. The van der Waals surface area contributed by atoms with Crippen molar-refractivity contribution in [2.75, 3.05) is 18.9 Å². The molecule has 0 bridgehead atoms. The normalized spacial score (nSPS) is 10.0. The summed E-state index contributed by atoms with van der Waals surface area (Å²) >= 11 is 0. The van der Waals surface area contributed by atoms with Crippen LogP contribution in [0.1, 0.15) is 5.56 Å². The number of anilines is 1. The molecule has 0 fully saturated rings. The Morgan fingerprint density at radius 2 is 2.20 bits per heavy atom. The van der Waals surface area contributed by atoms with Crippen molar-refractivity contribution < 1.29 is 9.53 Å². The summed E-state index contributed by atoms with van der Waals surface area (Å²) in [5, 5.41) is 2.79. The predicted octanol–water partition coefficient (Wildman–Crippen LogP) is 1.40. The largest absolute Gasteiger partial charge is 0.484 e. The van der Waals surface area contributed by atoms with Crippen LogP contribution in [0.4, 0.5) is 5.69 Å². The highest BCUT2D eigenvalue weighted by Crippen LogP contribution is 2.13. The SMILES string of the molecule is Nc1cccc(OCC(=O)NCCc2cccnc2)c1. The molecule has 1 aromatic carbocycles. The molecule has 0 spiro atoms. The fourth-order valence-electron chi connectivity index (χ4n) is 1.70. The first-order valence-electron chi connectivity index (χ1n) is 6.38. The van der Waals surface area contributed by atoms with E-state index in [-0.39, 0.29) is 12.5 Å². The summed E-state index contributed by atoms with van der Waals surface area (Å²) in [6.07, 6.45) is 4.26. The van der Waals surface area contributed by atoms with E-state index in [0.29, 0.717) is 18.0 Å². The molecule has 0 saturated carbocycles. The van der Waals surface area contributed by atoms with Crippen LogP contribution in [-0.4, -0.2) is 24.0 Å². The van der Waals surface area contributed by atoms with Crippen molar-refractivity contribution in [3.05, 3.63) is 54.4 Å². The minimum Gasteiger partial charge on any atom is -0.484 e. The average Bonchev–Trinajstić information content (AvgIpc) is 2.46. The highest BCUT2D eigenvalue weighted by Gasteiger charge is 2.02. The molecule has 1 heterocycles. The number of nitrogens with zero attached hydrogens (tertiary/aromatic N) is 1. The maximum Gasteiger partial charge on any atom is 0.257 e. The first-order valence-corrected chi connectivity index (χ1v) is 6.38. The number of aromatic nitrogens is 1. The van der Waals surface area contributed by atoms with Gasteiger partial charge in [0, 0.05) is 30.7 Å². The molecule has 20 heavy (non-hydrogen) atoms. The Hall–Kier alpha value is -2.56. The number of amides is 1. The molecule has 0 unspecified atom stereocenters. The molecular formula is C15H17N3O2. The molecule has 5 nitrogen and oxygen atoms in total. The lowest BCUT2D eigenvalue weighted by Gasteiger charge is -2.07. The van der Waals surface area contributed by atoms with Crippen LogP contribution >= 0.6 is 0 Å². The second-order valence-corrected chi connectivity index (χ2v) is 4.32. The number of hydrogen-bond acceptors (Lipinski definition) is 4. The van der Waals surface area contributed by atoms with E-state index in [9.17, 15) is 4.79 Å². The summed E-state index contributed by atoms with van der Waals surface area (Å²) in [6, 6.07) is 10.8. The lowest BCUT2D eigenvalue weighted by atomic mass is 10.2. The number of ether oxygens (including phenoxy) is 1. The van der Waals surface area contributed by atoms with Crippen LogP contribution in [0.3, 0.4) is 0 Å². The van der Waals surface area contributed by atoms with Gasteiger partial charge >= 0.3 is 0 Å². The van der Waals surface area contributed by atoms with E-state index < -0.39 is 0 Å². The van der Waals surface area contributed by atoms with Gasteiger partial charge in [-0.15, -0.1) is 0 Å². The lowest BCUT2D eigenvalue weighted by molar-refractivity contribution is -0.123. The molecule has 0 saturated heterocycles. The summed E-state index contributed by atoms with van der Waals surface area (Å²) in [4.78, 5) is 15.6. The molecule has 0 aliphatic heterocycles. The third-order valence-electron chi connectivity index (χ3n) is 2.69. The van der Waals surface area contributed by atoms with Gasteiger partial charge in [0.1, 0.15) is 5.75 Å². The summed E-state index contributed by atoms with van der Waals surface area (Å²) in [7, 11) is 0. The number of nitrogens with one attached hydrogen (secondary N) is 1. The molecule has 0 atom stereocenters. The van der Waals surface area contributed by atoms with Crippen LogP contribution in [0.2, 0.25) is 0 Å². The van der Waals surface area contributed by atoms with Gasteiger partial charge in [-0.25, -0.2) is 0 Å². The second-order valence-electron chi connectivity index (χ2n) is 4.32. The van der Waals surface area contributed by atoms with Gasteiger partial charge in [0.05, 0.1) is 0 Å². The van der Waals surface area contributed by atoms with E-state index in [1.54, 1.807) is 36.7 Å². The molecule has 104 valence electrons. The summed E-state index contributed by atoms with van der Waals surface area (Å²) in [5.74, 6) is 0.434. The smallest absolute Gasteiger partial charge is 0.257 e. The number of carbonyl (C=O) groups excluding carboxylic acids is 1. The van der Waals surface area contributed by atoms with Crippen LogP contribution < -0.4 is 15.8 Å². The van der Waals surface area contributed by atoms with Gasteiger partial charge in [0.15, 0.2) is 6.61 Å². The van der Waals surface area contributed by atoms with Crippen LogP contribution in [0, 0.1) is 0 Å². The van der Waals surface area contributed by atoms with Gasteiger partial charge < -0.3 is 15.8 Å². The van der Waals surface area contributed by atoms with Crippen molar-refractivity contribution >= 4 is 11.6 Å². The zero-order valence-electron chi connectivity index (χ0n) is 11.1. The Morgan fingerprint density at radius 1 is 1.30 bits per heavy atom. The van der Waals surface area contributed by atoms with Crippen molar-refractivity contribution in [2.45, 2.75) is 6.42 Å². The van der Waals surface area contributed by atoms with Gasteiger partial charge in [0.25, 0.3) is 5.91 Å². The number of benzene rings is 1. The maximum atomic E-state index is 11.6. The lowest BCUT2D eigenvalue weighted by Crippen LogP contribution is -2.30. The molecule has 0 aliphatic rings. The van der Waals surface area contributed by atoms with E-state index in [1.165, 1.54) is 0 Å². The molecule has 1 amide bonds. The third-order valence-corrected chi connectivity index (χ3v) is 2.69. The minimum atomic E-state index is -0.156. The average molecular weight is 271 g/mol. The minimum absolute atomic E-state index is 0.0174. The third kappa shape index (κ3) is 4.61. The molecular weight excluding hydrogens is 254 g/mol. The molecule has 2 rings (SSSR count). The molecule has 0 aliphatic carbocycles. The highest BCUT2D eigenvalue weighted by atomic mass is 16.5. The van der Waals surface area contributed by atoms with E-state index in [4.69, 9.17) is 10.5 Å². The van der Waals surface area contributed by atoms with Crippen LogP contribution in [-0.2, 0) is 11.2 Å². The second kappa shape index (κ2) is 7.13. The van der Waals surface area contributed by atoms with Gasteiger partial charge in [-0.3, -0.25) is 9.78 Å². The van der Waals surface area contributed by atoms with Gasteiger partial charge in [-0.05, 0) is 30.2 Å². The number of hydrogen-bond donors (Lipinski definition) is 2. The van der Waals surface area contributed by atoms with E-state index in [1.807, 2.05) is 12.1 Å². The van der Waals surface area contributed by atoms with E-state index in [2.05, 4.69) is 10.3 Å². The highest BCUT2D eigenvalue weighted by molar-refractivity contribution is 5.77. The van der Waals surface area contributed by atoms with Crippen molar-refractivity contribution in [3.63, 3.8) is 0 Å². The number of pyridine rings is 1. The first-order chi connectivity index (χ1) is 9.74. The topological polar surface area (TPSA) is 77.2 Å².